The fourth-order valence-electron chi connectivity index (χ4n) is 1.47. The monoisotopic (exact) mass is 184 g/mol. The molecule has 0 aromatic heterocycles. The van der Waals surface area contributed by atoms with Crippen LogP contribution in [0.5, 0.6) is 0 Å². The summed E-state index contributed by atoms with van der Waals surface area (Å²) >= 11 is 0. The number of ketones is 1. The fraction of sp³-hybridized carbons (Fsp3) is 0.900. The lowest BCUT2D eigenvalue weighted by Crippen LogP contribution is -2.40. The Morgan fingerprint density at radius 2 is 1.92 bits per heavy atom. The molecule has 2 N–H and O–H groups in total. The van der Waals surface area contributed by atoms with Crippen LogP contribution >= 0.6 is 0 Å². The molecule has 0 aliphatic carbocycles. The number of nitrogens with zero attached hydrogens (tertiary/aromatic N) is 1. The number of hydrogen-bond donors (Lipinski definition) is 1. The van der Waals surface area contributed by atoms with Crippen LogP contribution < -0.4 is 5.73 Å². The topological polar surface area (TPSA) is 46.3 Å². The minimum atomic E-state index is -0.0819. The Kier molecular flexibility index (Phi) is 3.45. The Morgan fingerprint density at radius 1 is 1.38 bits per heavy atom. The fourth-order valence-corrected chi connectivity index (χ4v) is 1.47. The van der Waals surface area contributed by atoms with E-state index in [0.29, 0.717) is 5.78 Å². The number of rotatable bonds is 3. The molecule has 1 rings (SSSR count). The van der Waals surface area contributed by atoms with Crippen LogP contribution in [0.2, 0.25) is 0 Å². The summed E-state index contributed by atoms with van der Waals surface area (Å²) < 4.78 is 0. The van der Waals surface area contributed by atoms with E-state index in [1.165, 1.54) is 0 Å². The van der Waals surface area contributed by atoms with E-state index in [-0.39, 0.29) is 5.54 Å². The molecule has 1 saturated heterocycles. The highest BCUT2D eigenvalue weighted by Gasteiger charge is 2.18. The number of likely N-dealkylation sites (tertiary alicyclic amines) is 1. The molecule has 1 fully saturated rings. The van der Waals surface area contributed by atoms with E-state index in [9.17, 15) is 4.79 Å². The largest absolute Gasteiger partial charge is 0.326 e. The number of carbonyl (C=O) groups excluding carboxylic acids is 1. The van der Waals surface area contributed by atoms with Gasteiger partial charge in [0.1, 0.15) is 5.78 Å². The van der Waals surface area contributed by atoms with Gasteiger partial charge in [-0.15, -0.1) is 0 Å². The predicted molar refractivity (Wildman–Crippen MR) is 53.6 cm³/mol. The molecule has 3 nitrogen and oxygen atoms in total. The van der Waals surface area contributed by atoms with Crippen LogP contribution in [0.15, 0.2) is 0 Å². The summed E-state index contributed by atoms with van der Waals surface area (Å²) in [7, 11) is 0. The molecule has 0 aromatic carbocycles. The van der Waals surface area contributed by atoms with E-state index in [2.05, 4.69) is 4.90 Å². The number of nitrogens with two attached hydrogens (primary N) is 1. The third kappa shape index (κ3) is 4.39. The van der Waals surface area contributed by atoms with Gasteiger partial charge in [0.2, 0.25) is 0 Å². The maximum Gasteiger partial charge on any atom is 0.135 e. The SMILES string of the molecule is CC(C)(N)CCN1CCC(=O)CC1. The lowest BCUT2D eigenvalue weighted by Gasteiger charge is -2.28. The summed E-state index contributed by atoms with van der Waals surface area (Å²) in [5.41, 5.74) is 5.80. The second-order valence-electron chi connectivity index (χ2n) is 4.62. The standard InChI is InChI=1S/C10H20N2O/c1-10(2,11)5-8-12-6-3-9(13)4-7-12/h3-8,11H2,1-2H3. The first-order chi connectivity index (χ1) is 5.97. The van der Waals surface area contributed by atoms with Gasteiger partial charge in [-0.3, -0.25) is 4.79 Å². The lowest BCUT2D eigenvalue weighted by molar-refractivity contribution is -0.121. The van der Waals surface area contributed by atoms with Gasteiger partial charge in [0.25, 0.3) is 0 Å². The van der Waals surface area contributed by atoms with Gasteiger partial charge in [-0.05, 0) is 26.8 Å². The first-order valence-electron chi connectivity index (χ1n) is 5.00. The van der Waals surface area contributed by atoms with Crippen LogP contribution in [0.1, 0.15) is 33.1 Å². The van der Waals surface area contributed by atoms with Crippen molar-refractivity contribution in [1.82, 2.24) is 4.90 Å². The van der Waals surface area contributed by atoms with Crippen LogP contribution in [0, 0.1) is 0 Å². The van der Waals surface area contributed by atoms with E-state index in [1.807, 2.05) is 13.8 Å². The number of Topliss-reactive ketones (excluding diaryl/α,β-unsaturated/α-hetero) is 1. The molecule has 0 radical (unpaired) electrons. The number of piperidine rings is 1. The molecule has 0 bridgehead atoms. The average Bonchev–Trinajstić information content (AvgIpc) is 2.02. The van der Waals surface area contributed by atoms with E-state index >= 15 is 0 Å². The Balaban J connectivity index is 2.20. The summed E-state index contributed by atoms with van der Waals surface area (Å²) in [5, 5.41) is 0. The van der Waals surface area contributed by atoms with Crippen molar-refractivity contribution in [2.75, 3.05) is 19.6 Å². The maximum atomic E-state index is 11.0. The molecular weight excluding hydrogens is 164 g/mol. The predicted octanol–water partition coefficient (Wildman–Crippen LogP) is 0.779. The Hall–Kier alpha value is -0.410. The van der Waals surface area contributed by atoms with Gasteiger partial charge in [-0.25, -0.2) is 0 Å². The van der Waals surface area contributed by atoms with Crippen LogP contribution in [0.3, 0.4) is 0 Å². The van der Waals surface area contributed by atoms with Gasteiger partial charge >= 0.3 is 0 Å². The Labute approximate surface area is 80.3 Å². The van der Waals surface area contributed by atoms with Crippen molar-refractivity contribution in [2.24, 2.45) is 5.73 Å². The van der Waals surface area contributed by atoms with Crippen molar-refractivity contribution in [3.63, 3.8) is 0 Å². The van der Waals surface area contributed by atoms with E-state index < -0.39 is 0 Å². The zero-order chi connectivity index (χ0) is 9.90. The van der Waals surface area contributed by atoms with Crippen molar-refractivity contribution in [1.29, 1.82) is 0 Å². The van der Waals surface area contributed by atoms with Gasteiger partial charge < -0.3 is 10.6 Å². The van der Waals surface area contributed by atoms with Crippen molar-refractivity contribution < 1.29 is 4.79 Å². The van der Waals surface area contributed by atoms with Crippen LogP contribution in [-0.4, -0.2) is 35.9 Å². The summed E-state index contributed by atoms with van der Waals surface area (Å²) in [6.45, 7) is 6.96. The highest BCUT2D eigenvalue weighted by molar-refractivity contribution is 5.79. The molecule has 0 atom stereocenters. The highest BCUT2D eigenvalue weighted by Crippen LogP contribution is 2.10. The van der Waals surface area contributed by atoms with Crippen molar-refractivity contribution in [2.45, 2.75) is 38.6 Å². The smallest absolute Gasteiger partial charge is 0.135 e. The third-order valence-electron chi connectivity index (χ3n) is 2.49. The molecule has 0 aromatic rings. The summed E-state index contributed by atoms with van der Waals surface area (Å²) in [6.07, 6.45) is 2.46. The number of hydrogen-bond acceptors (Lipinski definition) is 3. The van der Waals surface area contributed by atoms with Gasteiger partial charge in [-0.2, -0.15) is 0 Å². The molecule has 0 spiro atoms. The average molecular weight is 184 g/mol. The van der Waals surface area contributed by atoms with Crippen LogP contribution in [0.25, 0.3) is 0 Å². The molecule has 1 aliphatic rings. The van der Waals surface area contributed by atoms with Crippen LogP contribution in [0.4, 0.5) is 0 Å². The second kappa shape index (κ2) is 4.20. The zero-order valence-electron chi connectivity index (χ0n) is 8.68. The summed E-state index contributed by atoms with van der Waals surface area (Å²) in [6, 6.07) is 0. The Morgan fingerprint density at radius 3 is 2.38 bits per heavy atom. The zero-order valence-corrected chi connectivity index (χ0v) is 8.68. The van der Waals surface area contributed by atoms with E-state index in [0.717, 1.165) is 38.9 Å². The minimum Gasteiger partial charge on any atom is -0.326 e. The van der Waals surface area contributed by atoms with Gasteiger partial charge in [0, 0.05) is 31.5 Å². The van der Waals surface area contributed by atoms with E-state index in [4.69, 9.17) is 5.73 Å². The van der Waals surface area contributed by atoms with Gasteiger partial charge in [-0.1, -0.05) is 0 Å². The molecule has 1 aliphatic heterocycles. The summed E-state index contributed by atoms with van der Waals surface area (Å²) in [5.74, 6) is 0.406. The molecule has 1 heterocycles. The van der Waals surface area contributed by atoms with Crippen molar-refractivity contribution >= 4 is 5.78 Å². The first kappa shape index (κ1) is 10.7. The summed E-state index contributed by atoms with van der Waals surface area (Å²) in [4.78, 5) is 13.3. The van der Waals surface area contributed by atoms with Crippen molar-refractivity contribution in [3.8, 4) is 0 Å². The molecule has 3 heteroatoms. The van der Waals surface area contributed by atoms with Crippen molar-refractivity contribution in [3.05, 3.63) is 0 Å². The third-order valence-corrected chi connectivity index (χ3v) is 2.49. The van der Waals surface area contributed by atoms with E-state index in [1.54, 1.807) is 0 Å². The highest BCUT2D eigenvalue weighted by atomic mass is 16.1. The molecule has 13 heavy (non-hydrogen) atoms. The minimum absolute atomic E-state index is 0.0819. The molecule has 0 saturated carbocycles. The van der Waals surface area contributed by atoms with Crippen LogP contribution in [-0.2, 0) is 4.79 Å². The van der Waals surface area contributed by atoms with Gasteiger partial charge in [0.15, 0.2) is 0 Å². The lowest BCUT2D eigenvalue weighted by atomic mass is 10.0. The molecule has 0 unspecified atom stereocenters. The normalized spacial score (nSPS) is 20.7. The number of carbonyl (C=O) groups is 1. The quantitative estimate of drug-likeness (QED) is 0.705. The maximum absolute atomic E-state index is 11.0. The first-order valence-corrected chi connectivity index (χ1v) is 5.00. The molecular formula is C10H20N2O. The Bertz CT molecular complexity index is 174. The molecule has 0 amide bonds. The van der Waals surface area contributed by atoms with Gasteiger partial charge in [0.05, 0.1) is 0 Å². The second-order valence-corrected chi connectivity index (χ2v) is 4.62. The molecule has 76 valence electrons.